The van der Waals surface area contributed by atoms with Crippen molar-refractivity contribution in [2.24, 2.45) is 0 Å². The minimum Gasteiger partial charge on any atom is -0.287 e. The van der Waals surface area contributed by atoms with Crippen LogP contribution >= 0.6 is 0 Å². The molecule has 3 heteroatoms. The number of rotatable bonds is 4. The summed E-state index contributed by atoms with van der Waals surface area (Å²) in [6.45, 7) is 12.9. The molecule has 148 valence electrons. The van der Waals surface area contributed by atoms with Gasteiger partial charge >= 0.3 is 5.97 Å². The lowest BCUT2D eigenvalue weighted by Crippen LogP contribution is -2.33. The van der Waals surface area contributed by atoms with Gasteiger partial charge in [-0.15, -0.1) is 0 Å². The first-order chi connectivity index (χ1) is 13.1. The van der Waals surface area contributed by atoms with Crippen LogP contribution in [0.3, 0.4) is 0 Å². The molecule has 3 nitrogen and oxygen atoms in total. The van der Waals surface area contributed by atoms with Crippen LogP contribution in [0, 0.1) is 0 Å². The Morgan fingerprint density at radius 3 is 2.11 bits per heavy atom. The first kappa shape index (κ1) is 20.2. The Bertz CT molecular complexity index is 902. The van der Waals surface area contributed by atoms with E-state index >= 15 is 0 Å². The van der Waals surface area contributed by atoms with Gasteiger partial charge in [0.1, 0.15) is 0 Å². The maximum atomic E-state index is 10.8. The zero-order chi connectivity index (χ0) is 20.5. The highest BCUT2D eigenvalue weighted by atomic mass is 17.2. The number of benzene rings is 2. The molecule has 0 atom stereocenters. The van der Waals surface area contributed by atoms with Crippen LogP contribution in [-0.2, 0) is 20.5 Å². The van der Waals surface area contributed by atoms with Gasteiger partial charge in [-0.05, 0) is 70.6 Å². The zero-order valence-electron chi connectivity index (χ0n) is 17.8. The quantitative estimate of drug-likeness (QED) is 0.348. The lowest BCUT2D eigenvalue weighted by Gasteiger charge is -2.42. The van der Waals surface area contributed by atoms with Crippen molar-refractivity contribution in [3.05, 3.63) is 64.7 Å². The lowest BCUT2D eigenvalue weighted by molar-refractivity contribution is -0.210. The van der Waals surface area contributed by atoms with E-state index in [0.717, 1.165) is 5.56 Å². The predicted molar refractivity (Wildman–Crippen MR) is 114 cm³/mol. The summed E-state index contributed by atoms with van der Waals surface area (Å²) < 4.78 is 0. The van der Waals surface area contributed by atoms with E-state index in [1.165, 1.54) is 42.0 Å². The predicted octanol–water partition coefficient (Wildman–Crippen LogP) is 6.45. The SMILES string of the molecule is CC(=O)OOc1ccc(C=C(C)c2ccc3c(c2)C(C)(C)CCC3(C)C)cc1. The summed E-state index contributed by atoms with van der Waals surface area (Å²) in [5, 5.41) is 0. The largest absolute Gasteiger partial charge is 0.352 e. The monoisotopic (exact) mass is 378 g/mol. The molecular formula is C25H30O3. The molecule has 3 rings (SSSR count). The lowest BCUT2D eigenvalue weighted by atomic mass is 9.63. The van der Waals surface area contributed by atoms with Crippen molar-refractivity contribution in [3.8, 4) is 5.75 Å². The fraction of sp³-hybridized carbons (Fsp3) is 0.400. The molecule has 0 saturated carbocycles. The van der Waals surface area contributed by atoms with E-state index < -0.39 is 5.97 Å². The third-order valence-electron chi connectivity index (χ3n) is 5.83. The normalized spacial score (nSPS) is 17.6. The Labute approximate surface area is 168 Å². The average molecular weight is 379 g/mol. The zero-order valence-corrected chi connectivity index (χ0v) is 17.8. The molecule has 0 saturated heterocycles. The van der Waals surface area contributed by atoms with E-state index in [-0.39, 0.29) is 10.8 Å². The Morgan fingerprint density at radius 1 is 0.893 bits per heavy atom. The van der Waals surface area contributed by atoms with Crippen molar-refractivity contribution in [1.82, 2.24) is 0 Å². The van der Waals surface area contributed by atoms with Gasteiger partial charge in [0.15, 0.2) is 5.75 Å². The van der Waals surface area contributed by atoms with Gasteiger partial charge in [-0.1, -0.05) is 64.1 Å². The molecular weight excluding hydrogens is 348 g/mol. The second-order valence-corrected chi connectivity index (χ2v) is 9.08. The van der Waals surface area contributed by atoms with Crippen molar-refractivity contribution >= 4 is 17.6 Å². The first-order valence-electron chi connectivity index (χ1n) is 9.87. The highest BCUT2D eigenvalue weighted by molar-refractivity contribution is 5.81. The summed E-state index contributed by atoms with van der Waals surface area (Å²) in [6, 6.07) is 14.4. The number of fused-ring (bicyclic) bond motifs is 1. The van der Waals surface area contributed by atoms with E-state index in [4.69, 9.17) is 4.89 Å². The maximum absolute atomic E-state index is 10.8. The molecule has 0 bridgehead atoms. The second kappa shape index (κ2) is 7.46. The van der Waals surface area contributed by atoms with E-state index in [1.807, 2.05) is 12.1 Å². The molecule has 0 aliphatic heterocycles. The Balaban J connectivity index is 1.86. The molecule has 2 aromatic carbocycles. The number of hydrogen-bond acceptors (Lipinski definition) is 3. The summed E-state index contributed by atoms with van der Waals surface area (Å²) in [7, 11) is 0. The van der Waals surface area contributed by atoms with Gasteiger partial charge in [-0.3, -0.25) is 9.78 Å². The van der Waals surface area contributed by atoms with Gasteiger partial charge in [0, 0.05) is 6.92 Å². The summed E-state index contributed by atoms with van der Waals surface area (Å²) in [4.78, 5) is 20.3. The molecule has 0 N–H and O–H groups in total. The van der Waals surface area contributed by atoms with Crippen LogP contribution in [0.25, 0.3) is 11.6 Å². The van der Waals surface area contributed by atoms with Gasteiger partial charge in [-0.25, -0.2) is 4.79 Å². The van der Waals surface area contributed by atoms with Crippen LogP contribution in [0.5, 0.6) is 5.75 Å². The van der Waals surface area contributed by atoms with Crippen LogP contribution in [0.2, 0.25) is 0 Å². The van der Waals surface area contributed by atoms with Crippen molar-refractivity contribution in [2.45, 2.75) is 65.2 Å². The fourth-order valence-corrected chi connectivity index (χ4v) is 3.89. The highest BCUT2D eigenvalue weighted by Crippen LogP contribution is 2.46. The van der Waals surface area contributed by atoms with Crippen LogP contribution in [-0.4, -0.2) is 5.97 Å². The number of carbonyl (C=O) groups excluding carboxylic acids is 1. The standard InChI is InChI=1S/C25H30O3/c1-17(15-19-7-10-21(11-8-19)28-27-18(2)26)20-9-12-22-23(16-20)25(5,6)14-13-24(22,3)4/h7-12,15-16H,13-14H2,1-6H3. The summed E-state index contributed by atoms with van der Waals surface area (Å²) >= 11 is 0. The van der Waals surface area contributed by atoms with Crippen molar-refractivity contribution in [3.63, 3.8) is 0 Å². The Kier molecular flexibility index (Phi) is 5.38. The molecule has 0 unspecified atom stereocenters. The second-order valence-electron chi connectivity index (χ2n) is 9.08. The molecule has 0 spiro atoms. The molecule has 1 aliphatic carbocycles. The van der Waals surface area contributed by atoms with E-state index in [0.29, 0.717) is 5.75 Å². The average Bonchev–Trinajstić information content (AvgIpc) is 2.64. The molecule has 0 fully saturated rings. The van der Waals surface area contributed by atoms with Gasteiger partial charge in [0.05, 0.1) is 0 Å². The number of hydrogen-bond donors (Lipinski definition) is 0. The van der Waals surface area contributed by atoms with Crippen LogP contribution < -0.4 is 4.89 Å². The molecule has 0 amide bonds. The smallest absolute Gasteiger partial charge is 0.287 e. The molecule has 28 heavy (non-hydrogen) atoms. The third kappa shape index (κ3) is 4.30. The number of allylic oxidation sites excluding steroid dienone is 1. The van der Waals surface area contributed by atoms with Gasteiger partial charge in [0.2, 0.25) is 0 Å². The van der Waals surface area contributed by atoms with Crippen molar-refractivity contribution in [1.29, 1.82) is 0 Å². The van der Waals surface area contributed by atoms with Crippen molar-refractivity contribution in [2.75, 3.05) is 0 Å². The minimum absolute atomic E-state index is 0.205. The maximum Gasteiger partial charge on any atom is 0.352 e. The fourth-order valence-electron chi connectivity index (χ4n) is 3.89. The summed E-state index contributed by atoms with van der Waals surface area (Å²) in [5.41, 5.74) is 6.94. The molecule has 1 aliphatic rings. The molecule has 2 aromatic rings. The number of carbonyl (C=O) groups is 1. The van der Waals surface area contributed by atoms with Crippen LogP contribution in [0.4, 0.5) is 0 Å². The molecule has 0 aromatic heterocycles. The van der Waals surface area contributed by atoms with Gasteiger partial charge in [-0.2, -0.15) is 0 Å². The van der Waals surface area contributed by atoms with Gasteiger partial charge in [0.25, 0.3) is 0 Å². The third-order valence-corrected chi connectivity index (χ3v) is 5.83. The first-order valence-corrected chi connectivity index (χ1v) is 9.87. The summed E-state index contributed by atoms with van der Waals surface area (Å²) in [5.74, 6) is 0.0288. The van der Waals surface area contributed by atoms with E-state index in [1.54, 1.807) is 12.1 Å². The van der Waals surface area contributed by atoms with E-state index in [2.05, 4.69) is 63.8 Å². The summed E-state index contributed by atoms with van der Waals surface area (Å²) in [6.07, 6.45) is 4.60. The Morgan fingerprint density at radius 2 is 1.50 bits per heavy atom. The molecule has 0 radical (unpaired) electrons. The van der Waals surface area contributed by atoms with E-state index in [9.17, 15) is 4.79 Å². The van der Waals surface area contributed by atoms with Crippen LogP contribution in [0.1, 0.15) is 76.6 Å². The minimum atomic E-state index is -0.474. The van der Waals surface area contributed by atoms with Gasteiger partial charge < -0.3 is 0 Å². The molecule has 0 heterocycles. The van der Waals surface area contributed by atoms with Crippen molar-refractivity contribution < 1.29 is 14.6 Å². The Hall–Kier alpha value is -2.55. The highest BCUT2D eigenvalue weighted by Gasteiger charge is 2.36. The van der Waals surface area contributed by atoms with Crippen LogP contribution in [0.15, 0.2) is 42.5 Å². The topological polar surface area (TPSA) is 35.5 Å².